The minimum absolute atomic E-state index is 0.599. The average Bonchev–Trinajstić information content (AvgIpc) is 2.78. The maximum atomic E-state index is 5.72. The Morgan fingerprint density at radius 3 is 3.19 bits per heavy atom. The van der Waals surface area contributed by atoms with Crippen molar-refractivity contribution in [3.8, 4) is 0 Å². The third-order valence-corrected chi connectivity index (χ3v) is 3.14. The number of hydrogen-bond acceptors (Lipinski definition) is 4. The minimum atomic E-state index is 0.599. The molecule has 1 aliphatic heterocycles. The number of rotatable bonds is 4. The number of nitrogens with one attached hydrogen (secondary N) is 1. The third kappa shape index (κ3) is 2.52. The first-order chi connectivity index (χ1) is 7.83. The van der Waals surface area contributed by atoms with Gasteiger partial charge in [-0.15, -0.1) is 5.10 Å². The predicted molar refractivity (Wildman–Crippen MR) is 64.4 cm³/mol. The second-order valence-corrected chi connectivity index (χ2v) is 4.52. The van der Waals surface area contributed by atoms with Crippen molar-refractivity contribution < 1.29 is 0 Å². The molecule has 5 nitrogen and oxygen atoms in total. The zero-order valence-electron chi connectivity index (χ0n) is 9.95. The van der Waals surface area contributed by atoms with Gasteiger partial charge in [0.25, 0.3) is 0 Å². The summed E-state index contributed by atoms with van der Waals surface area (Å²) >= 11 is 0. The van der Waals surface area contributed by atoms with Gasteiger partial charge in [-0.2, -0.15) is 4.98 Å². The molecule has 0 bridgehead atoms. The Labute approximate surface area is 96.4 Å². The number of anilines is 1. The number of nitrogens with two attached hydrogens (primary N) is 1. The van der Waals surface area contributed by atoms with Crippen molar-refractivity contribution >= 4 is 5.95 Å². The van der Waals surface area contributed by atoms with Crippen LogP contribution in [0.3, 0.4) is 0 Å². The maximum absolute atomic E-state index is 5.72. The highest BCUT2D eigenvalue weighted by atomic mass is 15.4. The lowest BCUT2D eigenvalue weighted by atomic mass is 9.99. The van der Waals surface area contributed by atoms with E-state index >= 15 is 0 Å². The first kappa shape index (κ1) is 11.4. The quantitative estimate of drug-likeness (QED) is 0.796. The van der Waals surface area contributed by atoms with E-state index in [1.54, 1.807) is 0 Å². The number of H-pyrrole nitrogens is 1. The van der Waals surface area contributed by atoms with Crippen molar-refractivity contribution in [3.05, 3.63) is 5.82 Å². The molecule has 1 unspecified atom stereocenters. The van der Waals surface area contributed by atoms with E-state index in [0.717, 1.165) is 44.2 Å². The fraction of sp³-hybridized carbons (Fsp3) is 0.818. The van der Waals surface area contributed by atoms with E-state index in [9.17, 15) is 0 Å². The van der Waals surface area contributed by atoms with Gasteiger partial charge in [0.05, 0.1) is 0 Å². The Morgan fingerprint density at radius 1 is 1.56 bits per heavy atom. The molecule has 0 amide bonds. The number of piperidine rings is 1. The van der Waals surface area contributed by atoms with Gasteiger partial charge in [0.2, 0.25) is 5.95 Å². The van der Waals surface area contributed by atoms with E-state index in [0.29, 0.717) is 5.92 Å². The van der Waals surface area contributed by atoms with E-state index in [1.165, 1.54) is 12.8 Å². The van der Waals surface area contributed by atoms with Gasteiger partial charge in [-0.25, -0.2) is 0 Å². The molecule has 1 atom stereocenters. The van der Waals surface area contributed by atoms with Crippen LogP contribution in [-0.2, 0) is 6.42 Å². The largest absolute Gasteiger partial charge is 0.339 e. The summed E-state index contributed by atoms with van der Waals surface area (Å²) < 4.78 is 0. The molecule has 1 aliphatic rings. The summed E-state index contributed by atoms with van der Waals surface area (Å²) in [5.74, 6) is 2.44. The molecule has 2 heterocycles. The van der Waals surface area contributed by atoms with E-state index in [2.05, 4.69) is 27.0 Å². The normalized spacial score (nSPS) is 21.4. The Bertz CT molecular complexity index is 322. The fourth-order valence-corrected chi connectivity index (χ4v) is 2.21. The molecule has 3 N–H and O–H groups in total. The summed E-state index contributed by atoms with van der Waals surface area (Å²) in [5, 5.41) is 7.28. The Morgan fingerprint density at radius 2 is 2.44 bits per heavy atom. The summed E-state index contributed by atoms with van der Waals surface area (Å²) in [7, 11) is 0. The van der Waals surface area contributed by atoms with Gasteiger partial charge in [-0.05, 0) is 31.7 Å². The van der Waals surface area contributed by atoms with Crippen molar-refractivity contribution in [2.24, 2.45) is 11.7 Å². The zero-order chi connectivity index (χ0) is 11.4. The highest BCUT2D eigenvalue weighted by Crippen LogP contribution is 2.19. The molecule has 5 heteroatoms. The molecular formula is C11H21N5. The molecule has 2 rings (SSSR count). The summed E-state index contributed by atoms with van der Waals surface area (Å²) in [6.45, 7) is 4.97. The fourth-order valence-electron chi connectivity index (χ4n) is 2.21. The summed E-state index contributed by atoms with van der Waals surface area (Å²) in [4.78, 5) is 6.76. The van der Waals surface area contributed by atoms with Crippen molar-refractivity contribution in [2.45, 2.75) is 32.6 Å². The molecule has 1 fully saturated rings. The zero-order valence-corrected chi connectivity index (χ0v) is 9.95. The van der Waals surface area contributed by atoms with Crippen LogP contribution in [0.15, 0.2) is 0 Å². The van der Waals surface area contributed by atoms with Crippen molar-refractivity contribution in [1.29, 1.82) is 0 Å². The third-order valence-electron chi connectivity index (χ3n) is 3.14. The van der Waals surface area contributed by atoms with E-state index < -0.39 is 0 Å². The van der Waals surface area contributed by atoms with Crippen molar-refractivity contribution in [2.75, 3.05) is 24.5 Å². The van der Waals surface area contributed by atoms with Crippen LogP contribution in [0.2, 0.25) is 0 Å². The highest BCUT2D eigenvalue weighted by molar-refractivity contribution is 5.29. The van der Waals surface area contributed by atoms with Gasteiger partial charge < -0.3 is 10.6 Å². The van der Waals surface area contributed by atoms with Gasteiger partial charge in [0.15, 0.2) is 0 Å². The first-order valence-corrected chi connectivity index (χ1v) is 6.19. The van der Waals surface area contributed by atoms with Gasteiger partial charge >= 0.3 is 0 Å². The predicted octanol–water partition coefficient (Wildman–Crippen LogP) is 0.932. The topological polar surface area (TPSA) is 70.8 Å². The molecule has 0 aromatic carbocycles. The maximum Gasteiger partial charge on any atom is 0.244 e. The number of hydrogen-bond donors (Lipinski definition) is 2. The summed E-state index contributed by atoms with van der Waals surface area (Å²) in [6.07, 6.45) is 4.50. The second kappa shape index (κ2) is 5.30. The lowest BCUT2D eigenvalue weighted by molar-refractivity contribution is 0.419. The van der Waals surface area contributed by atoms with Crippen LogP contribution in [0.4, 0.5) is 5.95 Å². The monoisotopic (exact) mass is 223 g/mol. The average molecular weight is 223 g/mol. The molecule has 1 aromatic rings. The standard InChI is InChI=1S/C11H21N5/c1-2-4-10-13-11(15-14-10)16-6-3-5-9(7-12)8-16/h9H,2-8,12H2,1H3,(H,13,14,15). The Balaban J connectivity index is 1.99. The minimum Gasteiger partial charge on any atom is -0.339 e. The molecule has 1 aromatic heterocycles. The molecule has 1 saturated heterocycles. The molecule has 90 valence electrons. The van der Waals surface area contributed by atoms with Crippen LogP contribution in [0.5, 0.6) is 0 Å². The molecule has 0 radical (unpaired) electrons. The molecular weight excluding hydrogens is 202 g/mol. The van der Waals surface area contributed by atoms with Crippen LogP contribution in [0.25, 0.3) is 0 Å². The first-order valence-electron chi connectivity index (χ1n) is 6.19. The van der Waals surface area contributed by atoms with Crippen LogP contribution in [0, 0.1) is 5.92 Å². The number of nitrogens with zero attached hydrogens (tertiary/aromatic N) is 3. The summed E-state index contributed by atoms with van der Waals surface area (Å²) in [6, 6.07) is 0. The van der Waals surface area contributed by atoms with Crippen LogP contribution >= 0.6 is 0 Å². The SMILES string of the molecule is CCCc1nc(N2CCCC(CN)C2)n[nH]1. The van der Waals surface area contributed by atoms with Gasteiger partial charge in [0.1, 0.15) is 5.82 Å². The van der Waals surface area contributed by atoms with E-state index in [4.69, 9.17) is 5.73 Å². The van der Waals surface area contributed by atoms with Gasteiger partial charge in [-0.1, -0.05) is 6.92 Å². The lowest BCUT2D eigenvalue weighted by Crippen LogP contribution is -2.38. The molecule has 0 saturated carbocycles. The van der Waals surface area contributed by atoms with E-state index in [1.807, 2.05) is 0 Å². The molecule has 0 aliphatic carbocycles. The highest BCUT2D eigenvalue weighted by Gasteiger charge is 2.21. The smallest absolute Gasteiger partial charge is 0.244 e. The Hall–Kier alpha value is -1.10. The van der Waals surface area contributed by atoms with Crippen LogP contribution in [-0.4, -0.2) is 34.8 Å². The second-order valence-electron chi connectivity index (χ2n) is 4.52. The van der Waals surface area contributed by atoms with Crippen molar-refractivity contribution in [3.63, 3.8) is 0 Å². The van der Waals surface area contributed by atoms with Gasteiger partial charge in [0, 0.05) is 19.5 Å². The lowest BCUT2D eigenvalue weighted by Gasteiger charge is -2.31. The molecule has 16 heavy (non-hydrogen) atoms. The van der Waals surface area contributed by atoms with E-state index in [-0.39, 0.29) is 0 Å². The number of aromatic nitrogens is 3. The number of aromatic amines is 1. The molecule has 0 spiro atoms. The van der Waals surface area contributed by atoms with Crippen LogP contribution in [0.1, 0.15) is 32.0 Å². The summed E-state index contributed by atoms with van der Waals surface area (Å²) in [5.41, 5.74) is 5.72. The van der Waals surface area contributed by atoms with Gasteiger partial charge in [-0.3, -0.25) is 5.10 Å². The number of aryl methyl sites for hydroxylation is 1. The Kier molecular flexibility index (Phi) is 3.77. The van der Waals surface area contributed by atoms with Crippen molar-refractivity contribution in [1.82, 2.24) is 15.2 Å². The van der Waals surface area contributed by atoms with Crippen LogP contribution < -0.4 is 10.6 Å².